The molecular weight excluding hydrogens is 292 g/mol. The van der Waals surface area contributed by atoms with Gasteiger partial charge >= 0.3 is 0 Å². The van der Waals surface area contributed by atoms with Gasteiger partial charge in [-0.15, -0.1) is 11.3 Å². The average Bonchev–Trinajstić information content (AvgIpc) is 2.96. The molecule has 0 unspecified atom stereocenters. The Morgan fingerprint density at radius 3 is 2.68 bits per heavy atom. The molecule has 0 bridgehead atoms. The fraction of sp³-hybridized carbons (Fsp3) is 0.111. The van der Waals surface area contributed by atoms with E-state index in [-0.39, 0.29) is 5.91 Å². The zero-order valence-corrected chi connectivity index (χ0v) is 13.1. The van der Waals surface area contributed by atoms with Crippen LogP contribution in [-0.4, -0.2) is 10.9 Å². The van der Waals surface area contributed by atoms with E-state index in [0.29, 0.717) is 0 Å². The molecule has 22 heavy (non-hydrogen) atoms. The van der Waals surface area contributed by atoms with E-state index < -0.39 is 0 Å². The van der Waals surface area contributed by atoms with E-state index in [0.717, 1.165) is 27.3 Å². The number of carbonyl (C=O) groups is 1. The fourth-order valence-electron chi connectivity index (χ4n) is 2.12. The summed E-state index contributed by atoms with van der Waals surface area (Å²) < 4.78 is 1.12. The first kappa shape index (κ1) is 14.5. The number of amides is 1. The van der Waals surface area contributed by atoms with Crippen LogP contribution in [0.4, 0.5) is 5.69 Å². The third-order valence-electron chi connectivity index (χ3n) is 3.32. The van der Waals surface area contributed by atoms with Gasteiger partial charge in [0.1, 0.15) is 5.01 Å². The predicted molar refractivity (Wildman–Crippen MR) is 93.1 cm³/mol. The molecule has 0 saturated heterocycles. The van der Waals surface area contributed by atoms with Crippen LogP contribution in [-0.2, 0) is 11.2 Å². The summed E-state index contributed by atoms with van der Waals surface area (Å²) in [6, 6.07) is 15.8. The molecule has 0 atom stereocenters. The normalized spacial score (nSPS) is 11.1. The van der Waals surface area contributed by atoms with Crippen LogP contribution in [0.1, 0.15) is 17.5 Å². The summed E-state index contributed by atoms with van der Waals surface area (Å²) in [4.78, 5) is 16.4. The standard InChI is InChI=1S/C18H16N2OS/c1-2-13-7-9-14(10-8-13)19-17(21)11-12-18-20-15-5-3-4-6-16(15)22-18/h3-12H,2H2,1H3,(H,19,21). The number of para-hydroxylation sites is 1. The lowest BCUT2D eigenvalue weighted by atomic mass is 10.1. The zero-order valence-electron chi connectivity index (χ0n) is 12.2. The molecule has 3 rings (SSSR count). The molecule has 1 heterocycles. The number of thiazole rings is 1. The summed E-state index contributed by atoms with van der Waals surface area (Å²) in [6.45, 7) is 2.11. The van der Waals surface area contributed by atoms with Crippen molar-refractivity contribution in [3.8, 4) is 0 Å². The number of nitrogens with zero attached hydrogens (tertiary/aromatic N) is 1. The van der Waals surface area contributed by atoms with Crippen LogP contribution < -0.4 is 5.32 Å². The van der Waals surface area contributed by atoms with Gasteiger partial charge in [-0.1, -0.05) is 31.2 Å². The number of nitrogens with one attached hydrogen (secondary N) is 1. The highest BCUT2D eigenvalue weighted by Gasteiger charge is 2.01. The van der Waals surface area contributed by atoms with Crippen molar-refractivity contribution in [3.05, 3.63) is 65.2 Å². The van der Waals surface area contributed by atoms with Gasteiger partial charge in [0.15, 0.2) is 0 Å². The van der Waals surface area contributed by atoms with Crippen LogP contribution in [0.5, 0.6) is 0 Å². The Balaban J connectivity index is 1.67. The second-order valence-corrected chi connectivity index (χ2v) is 5.96. The quantitative estimate of drug-likeness (QED) is 0.720. The molecule has 3 aromatic rings. The molecule has 2 aromatic carbocycles. The first-order valence-electron chi connectivity index (χ1n) is 7.18. The molecule has 1 amide bonds. The Bertz CT molecular complexity index is 785. The van der Waals surface area contributed by atoms with Crippen LogP contribution in [0.3, 0.4) is 0 Å². The highest BCUT2D eigenvalue weighted by atomic mass is 32.1. The number of anilines is 1. The van der Waals surface area contributed by atoms with Crippen molar-refractivity contribution < 1.29 is 4.79 Å². The number of carbonyl (C=O) groups excluding carboxylic acids is 1. The first-order valence-corrected chi connectivity index (χ1v) is 8.00. The SMILES string of the molecule is CCc1ccc(NC(=O)C=Cc2nc3ccccc3s2)cc1. The molecule has 4 heteroatoms. The molecule has 1 N–H and O–H groups in total. The zero-order chi connectivity index (χ0) is 15.4. The van der Waals surface area contributed by atoms with E-state index in [4.69, 9.17) is 0 Å². The summed E-state index contributed by atoms with van der Waals surface area (Å²) in [6.07, 6.45) is 4.26. The van der Waals surface area contributed by atoms with Crippen LogP contribution in [0.25, 0.3) is 16.3 Å². The Labute approximate surface area is 133 Å². The minimum absolute atomic E-state index is 0.150. The Morgan fingerprint density at radius 1 is 1.18 bits per heavy atom. The van der Waals surface area contributed by atoms with Gasteiger partial charge in [-0.25, -0.2) is 4.98 Å². The molecule has 0 aliphatic heterocycles. The fourth-order valence-corrected chi connectivity index (χ4v) is 2.99. The van der Waals surface area contributed by atoms with E-state index >= 15 is 0 Å². The first-order chi connectivity index (χ1) is 10.7. The summed E-state index contributed by atoms with van der Waals surface area (Å²) in [5, 5.41) is 3.68. The molecule has 0 radical (unpaired) electrons. The molecule has 3 nitrogen and oxygen atoms in total. The van der Waals surface area contributed by atoms with Crippen molar-refractivity contribution >= 4 is 39.2 Å². The predicted octanol–water partition coefficient (Wildman–Crippen LogP) is 4.51. The summed E-state index contributed by atoms with van der Waals surface area (Å²) in [5.74, 6) is -0.150. The lowest BCUT2D eigenvalue weighted by molar-refractivity contribution is -0.111. The van der Waals surface area contributed by atoms with Gasteiger partial charge in [0, 0.05) is 11.8 Å². The van der Waals surface area contributed by atoms with Gasteiger partial charge < -0.3 is 5.32 Å². The molecular formula is C18H16N2OS. The number of hydrogen-bond donors (Lipinski definition) is 1. The minimum atomic E-state index is -0.150. The van der Waals surface area contributed by atoms with Crippen molar-refractivity contribution in [2.24, 2.45) is 0 Å². The van der Waals surface area contributed by atoms with Crippen molar-refractivity contribution in [1.29, 1.82) is 0 Å². The van der Waals surface area contributed by atoms with Crippen molar-refractivity contribution in [1.82, 2.24) is 4.98 Å². The van der Waals surface area contributed by atoms with Gasteiger partial charge in [-0.05, 0) is 42.3 Å². The van der Waals surface area contributed by atoms with E-state index in [1.165, 1.54) is 11.6 Å². The van der Waals surface area contributed by atoms with E-state index in [2.05, 4.69) is 17.2 Å². The van der Waals surface area contributed by atoms with Crippen LogP contribution in [0.15, 0.2) is 54.6 Å². The second-order valence-electron chi connectivity index (χ2n) is 4.89. The van der Waals surface area contributed by atoms with E-state index in [1.54, 1.807) is 17.4 Å². The Morgan fingerprint density at radius 2 is 1.95 bits per heavy atom. The van der Waals surface area contributed by atoms with Gasteiger partial charge in [0.25, 0.3) is 0 Å². The molecule has 0 aliphatic rings. The van der Waals surface area contributed by atoms with Crippen LogP contribution in [0, 0.1) is 0 Å². The maximum absolute atomic E-state index is 11.9. The third-order valence-corrected chi connectivity index (χ3v) is 4.32. The van der Waals surface area contributed by atoms with E-state index in [1.807, 2.05) is 48.5 Å². The maximum atomic E-state index is 11.9. The Kier molecular flexibility index (Phi) is 4.30. The number of aromatic nitrogens is 1. The highest BCUT2D eigenvalue weighted by Crippen LogP contribution is 2.22. The van der Waals surface area contributed by atoms with Crippen LogP contribution >= 0.6 is 11.3 Å². The largest absolute Gasteiger partial charge is 0.323 e. The van der Waals surface area contributed by atoms with Gasteiger partial charge in [-0.3, -0.25) is 4.79 Å². The smallest absolute Gasteiger partial charge is 0.248 e. The molecule has 1 aromatic heterocycles. The molecule has 0 fully saturated rings. The number of hydrogen-bond acceptors (Lipinski definition) is 3. The van der Waals surface area contributed by atoms with Crippen molar-refractivity contribution in [3.63, 3.8) is 0 Å². The minimum Gasteiger partial charge on any atom is -0.323 e. The monoisotopic (exact) mass is 308 g/mol. The summed E-state index contributed by atoms with van der Waals surface area (Å²) in [7, 11) is 0. The van der Waals surface area contributed by atoms with E-state index in [9.17, 15) is 4.79 Å². The number of fused-ring (bicyclic) bond motifs is 1. The number of benzene rings is 2. The van der Waals surface area contributed by atoms with Crippen LogP contribution in [0.2, 0.25) is 0 Å². The summed E-state index contributed by atoms with van der Waals surface area (Å²) in [5.41, 5.74) is 3.02. The van der Waals surface area contributed by atoms with Gasteiger partial charge in [0.2, 0.25) is 5.91 Å². The van der Waals surface area contributed by atoms with Gasteiger partial charge in [-0.2, -0.15) is 0 Å². The molecule has 0 spiro atoms. The highest BCUT2D eigenvalue weighted by molar-refractivity contribution is 7.19. The summed E-state index contributed by atoms with van der Waals surface area (Å²) >= 11 is 1.57. The van der Waals surface area contributed by atoms with Gasteiger partial charge in [0.05, 0.1) is 10.2 Å². The molecule has 0 aliphatic carbocycles. The Hall–Kier alpha value is -2.46. The maximum Gasteiger partial charge on any atom is 0.248 e. The lowest BCUT2D eigenvalue weighted by Crippen LogP contribution is -2.07. The third kappa shape index (κ3) is 3.40. The molecule has 0 saturated carbocycles. The second kappa shape index (κ2) is 6.54. The lowest BCUT2D eigenvalue weighted by Gasteiger charge is -2.02. The topological polar surface area (TPSA) is 42.0 Å². The molecule has 110 valence electrons. The average molecular weight is 308 g/mol. The van der Waals surface area contributed by atoms with Crippen molar-refractivity contribution in [2.75, 3.05) is 5.32 Å². The van der Waals surface area contributed by atoms with Crippen molar-refractivity contribution in [2.45, 2.75) is 13.3 Å². The number of aryl methyl sites for hydroxylation is 1. The number of rotatable bonds is 4.